The molecule has 1 aliphatic rings. The number of rotatable bonds is 4. The van der Waals surface area contributed by atoms with Gasteiger partial charge >= 0.3 is 5.76 Å². The third-order valence-corrected chi connectivity index (χ3v) is 5.73. The first-order valence-corrected chi connectivity index (χ1v) is 9.60. The SMILES string of the molecule is CC(=O)N1CCc2ccc(NC(=O)c3ccccc3S(=O)(=O)C(F)F)cc21. The van der Waals surface area contributed by atoms with E-state index in [1.54, 1.807) is 23.1 Å². The Kier molecular flexibility index (Phi) is 4.97. The molecular weight excluding hydrogens is 378 g/mol. The van der Waals surface area contributed by atoms with Crippen LogP contribution in [0.15, 0.2) is 47.4 Å². The maximum Gasteiger partial charge on any atom is 0.341 e. The molecule has 0 saturated heterocycles. The van der Waals surface area contributed by atoms with Crippen LogP contribution in [0, 0.1) is 0 Å². The Bertz CT molecular complexity index is 1020. The molecule has 27 heavy (non-hydrogen) atoms. The van der Waals surface area contributed by atoms with Gasteiger partial charge in [-0.3, -0.25) is 9.59 Å². The average molecular weight is 394 g/mol. The van der Waals surface area contributed by atoms with Crippen molar-refractivity contribution in [1.29, 1.82) is 0 Å². The van der Waals surface area contributed by atoms with Crippen molar-refractivity contribution in [3.05, 3.63) is 53.6 Å². The number of nitrogens with zero attached hydrogens (tertiary/aromatic N) is 1. The topological polar surface area (TPSA) is 83.6 Å². The molecule has 1 heterocycles. The summed E-state index contributed by atoms with van der Waals surface area (Å²) in [4.78, 5) is 25.0. The molecule has 0 spiro atoms. The molecule has 0 aliphatic carbocycles. The van der Waals surface area contributed by atoms with Gasteiger partial charge in [-0.15, -0.1) is 0 Å². The lowest BCUT2D eigenvalue weighted by molar-refractivity contribution is -0.116. The number of halogens is 2. The Hall–Kier alpha value is -2.81. The highest BCUT2D eigenvalue weighted by Crippen LogP contribution is 2.31. The van der Waals surface area contributed by atoms with Gasteiger partial charge in [0, 0.05) is 24.8 Å². The first-order chi connectivity index (χ1) is 12.7. The second-order valence-corrected chi connectivity index (χ2v) is 7.91. The molecule has 2 amide bonds. The van der Waals surface area contributed by atoms with Crippen molar-refractivity contribution in [2.45, 2.75) is 24.0 Å². The van der Waals surface area contributed by atoms with Crippen molar-refractivity contribution < 1.29 is 26.8 Å². The molecule has 0 bridgehead atoms. The van der Waals surface area contributed by atoms with E-state index in [2.05, 4.69) is 5.32 Å². The van der Waals surface area contributed by atoms with Gasteiger partial charge in [0.1, 0.15) is 0 Å². The van der Waals surface area contributed by atoms with Crippen LogP contribution in [0.5, 0.6) is 0 Å². The second-order valence-electron chi connectivity index (χ2n) is 6.02. The van der Waals surface area contributed by atoms with Crippen LogP contribution in [0.3, 0.4) is 0 Å². The quantitative estimate of drug-likeness (QED) is 0.864. The van der Waals surface area contributed by atoms with E-state index in [0.29, 0.717) is 24.3 Å². The minimum atomic E-state index is -4.92. The Morgan fingerprint density at radius 3 is 2.52 bits per heavy atom. The Morgan fingerprint density at radius 1 is 1.15 bits per heavy atom. The van der Waals surface area contributed by atoms with E-state index in [9.17, 15) is 26.8 Å². The molecule has 1 aliphatic heterocycles. The van der Waals surface area contributed by atoms with E-state index in [1.165, 1.54) is 25.1 Å². The van der Waals surface area contributed by atoms with Crippen LogP contribution >= 0.6 is 0 Å². The number of amides is 2. The molecule has 0 saturated carbocycles. The zero-order valence-corrected chi connectivity index (χ0v) is 15.1. The van der Waals surface area contributed by atoms with Crippen molar-refractivity contribution in [2.75, 3.05) is 16.8 Å². The maximum absolute atomic E-state index is 12.9. The van der Waals surface area contributed by atoms with E-state index in [-0.39, 0.29) is 11.5 Å². The van der Waals surface area contributed by atoms with Gasteiger partial charge in [0.2, 0.25) is 15.7 Å². The lowest BCUT2D eigenvalue weighted by Crippen LogP contribution is -2.26. The van der Waals surface area contributed by atoms with Gasteiger partial charge in [0.25, 0.3) is 5.91 Å². The summed E-state index contributed by atoms with van der Waals surface area (Å²) >= 11 is 0. The molecule has 1 N–H and O–H groups in total. The summed E-state index contributed by atoms with van der Waals surface area (Å²) in [6.07, 6.45) is 0.693. The number of fused-ring (bicyclic) bond motifs is 1. The van der Waals surface area contributed by atoms with E-state index >= 15 is 0 Å². The van der Waals surface area contributed by atoms with Gasteiger partial charge in [-0.05, 0) is 36.2 Å². The van der Waals surface area contributed by atoms with Crippen LogP contribution in [0.2, 0.25) is 0 Å². The number of hydrogen-bond acceptors (Lipinski definition) is 4. The van der Waals surface area contributed by atoms with Crippen molar-refractivity contribution in [2.24, 2.45) is 0 Å². The minimum Gasteiger partial charge on any atom is -0.322 e. The molecular formula is C18H16F2N2O4S. The number of anilines is 2. The van der Waals surface area contributed by atoms with E-state index in [1.807, 2.05) is 0 Å². The van der Waals surface area contributed by atoms with Crippen LogP contribution < -0.4 is 10.2 Å². The molecule has 0 radical (unpaired) electrons. The van der Waals surface area contributed by atoms with Crippen LogP contribution in [0.4, 0.5) is 20.2 Å². The normalized spacial score (nSPS) is 13.6. The smallest absolute Gasteiger partial charge is 0.322 e. The molecule has 6 nitrogen and oxygen atoms in total. The Balaban J connectivity index is 1.92. The summed E-state index contributed by atoms with van der Waals surface area (Å²) in [6.45, 7) is 1.98. The lowest BCUT2D eigenvalue weighted by Gasteiger charge is -2.16. The number of carbonyl (C=O) groups is 2. The first-order valence-electron chi connectivity index (χ1n) is 8.05. The van der Waals surface area contributed by atoms with Crippen LogP contribution in [0.25, 0.3) is 0 Å². The highest BCUT2D eigenvalue weighted by atomic mass is 32.2. The first kappa shape index (κ1) is 19.0. The van der Waals surface area contributed by atoms with Crippen molar-refractivity contribution in [1.82, 2.24) is 0 Å². The molecule has 0 atom stereocenters. The van der Waals surface area contributed by atoms with Crippen LogP contribution in [-0.4, -0.2) is 32.5 Å². The summed E-state index contributed by atoms with van der Waals surface area (Å²) in [5, 5.41) is 2.51. The summed E-state index contributed by atoms with van der Waals surface area (Å²) in [5.41, 5.74) is 1.57. The third-order valence-electron chi connectivity index (χ3n) is 4.29. The van der Waals surface area contributed by atoms with Gasteiger partial charge in [-0.2, -0.15) is 8.78 Å². The van der Waals surface area contributed by atoms with E-state index in [4.69, 9.17) is 0 Å². The molecule has 2 aromatic carbocycles. The fourth-order valence-electron chi connectivity index (χ4n) is 2.98. The van der Waals surface area contributed by atoms with Gasteiger partial charge in [-0.25, -0.2) is 8.42 Å². The van der Waals surface area contributed by atoms with Gasteiger partial charge < -0.3 is 10.2 Å². The van der Waals surface area contributed by atoms with Gasteiger partial charge in [0.15, 0.2) is 0 Å². The highest BCUT2D eigenvalue weighted by Gasteiger charge is 2.31. The number of hydrogen-bond donors (Lipinski definition) is 1. The van der Waals surface area contributed by atoms with Gasteiger partial charge in [-0.1, -0.05) is 18.2 Å². The number of carbonyl (C=O) groups excluding carboxylic acids is 2. The zero-order valence-electron chi connectivity index (χ0n) is 14.3. The molecule has 0 fully saturated rings. The monoisotopic (exact) mass is 394 g/mol. The molecule has 142 valence electrons. The Labute approximate surface area is 154 Å². The van der Waals surface area contributed by atoms with E-state index < -0.39 is 26.4 Å². The van der Waals surface area contributed by atoms with Crippen molar-refractivity contribution in [3.8, 4) is 0 Å². The molecule has 3 rings (SSSR count). The summed E-state index contributed by atoms with van der Waals surface area (Å²) in [5.74, 6) is -4.59. The standard InChI is InChI=1S/C18H16F2N2O4S/c1-11(23)22-9-8-12-6-7-13(10-15(12)22)21-17(24)14-4-2-3-5-16(14)27(25,26)18(19)20/h2-7,10,18H,8-9H2,1H3,(H,21,24). The third kappa shape index (κ3) is 3.55. The molecule has 2 aromatic rings. The molecule has 0 unspecified atom stereocenters. The number of alkyl halides is 2. The minimum absolute atomic E-state index is 0.134. The predicted molar refractivity (Wildman–Crippen MR) is 95.8 cm³/mol. The predicted octanol–water partition coefficient (Wildman–Crippen LogP) is 2.84. The fourth-order valence-corrected chi connectivity index (χ4v) is 3.91. The number of sulfone groups is 1. The van der Waals surface area contributed by atoms with Crippen LogP contribution in [0.1, 0.15) is 22.8 Å². The molecule has 0 aromatic heterocycles. The zero-order chi connectivity index (χ0) is 19.8. The lowest BCUT2D eigenvalue weighted by atomic mass is 10.1. The van der Waals surface area contributed by atoms with Gasteiger partial charge in [0.05, 0.1) is 10.5 Å². The van der Waals surface area contributed by atoms with Crippen LogP contribution in [-0.2, 0) is 21.1 Å². The highest BCUT2D eigenvalue weighted by molar-refractivity contribution is 7.91. The summed E-state index contributed by atoms with van der Waals surface area (Å²) < 4.78 is 49.4. The summed E-state index contributed by atoms with van der Waals surface area (Å²) in [7, 11) is -4.92. The van der Waals surface area contributed by atoms with Crippen molar-refractivity contribution in [3.63, 3.8) is 0 Å². The largest absolute Gasteiger partial charge is 0.341 e. The fraction of sp³-hybridized carbons (Fsp3) is 0.222. The summed E-state index contributed by atoms with van der Waals surface area (Å²) in [6, 6.07) is 9.77. The van der Waals surface area contributed by atoms with E-state index in [0.717, 1.165) is 11.6 Å². The second kappa shape index (κ2) is 7.07. The van der Waals surface area contributed by atoms with Crippen molar-refractivity contribution >= 4 is 33.0 Å². The number of nitrogens with one attached hydrogen (secondary N) is 1. The number of benzene rings is 2. The Morgan fingerprint density at radius 2 is 1.85 bits per heavy atom. The molecule has 9 heteroatoms. The maximum atomic E-state index is 12.9. The average Bonchev–Trinajstić information content (AvgIpc) is 3.05.